The summed E-state index contributed by atoms with van der Waals surface area (Å²) in [6.07, 6.45) is 7.96. The van der Waals surface area contributed by atoms with Gasteiger partial charge in [-0.15, -0.1) is 0 Å². The second-order valence-corrected chi connectivity index (χ2v) is 9.16. The molecule has 2 aliphatic carbocycles. The van der Waals surface area contributed by atoms with Crippen LogP contribution in [0.4, 0.5) is 5.82 Å². The van der Waals surface area contributed by atoms with Crippen molar-refractivity contribution in [1.82, 2.24) is 20.1 Å². The van der Waals surface area contributed by atoms with Gasteiger partial charge in [0.25, 0.3) is 0 Å². The number of carbonyl (C=O) groups is 1. The van der Waals surface area contributed by atoms with E-state index >= 15 is 0 Å². The first-order valence-electron chi connectivity index (χ1n) is 11.7. The summed E-state index contributed by atoms with van der Waals surface area (Å²) < 4.78 is 0. The number of hydrogen-bond acceptors (Lipinski definition) is 7. The lowest BCUT2D eigenvalue weighted by Crippen LogP contribution is -2.56. The number of hydrogen-bond donors (Lipinski definition) is 1. The Morgan fingerprint density at radius 2 is 2.09 bits per heavy atom. The molecule has 33 heavy (non-hydrogen) atoms. The molecular weight excluding hydrogens is 416 g/mol. The maximum atomic E-state index is 12.6. The number of carbonyl (C=O) groups excluding carboxylic acids is 1. The summed E-state index contributed by atoms with van der Waals surface area (Å²) in [4.78, 5) is 21.8. The van der Waals surface area contributed by atoms with Gasteiger partial charge in [0, 0.05) is 43.1 Å². The Hall–Kier alpha value is -3.31. The normalized spacial score (nSPS) is 20.4. The lowest BCUT2D eigenvalue weighted by atomic mass is 9.99. The molecule has 0 aromatic carbocycles. The standard InChI is InChI=1S/C25H28N6O2/c1-2-20-11-19(14-27-29-20)21-12-18(13-26)25(28-24(21)17-5-6-17)30-8-9-31(23(33)7-10-32)22(15-30)16-3-4-16/h2,11-12,14,16-17,22,32H,1,3-10,15H2/t22-/m0/s1. The number of pyridine rings is 1. The summed E-state index contributed by atoms with van der Waals surface area (Å²) in [5.74, 6) is 1.61. The Morgan fingerprint density at radius 1 is 1.27 bits per heavy atom. The van der Waals surface area contributed by atoms with Crippen molar-refractivity contribution in [3.05, 3.63) is 41.9 Å². The molecule has 8 heteroatoms. The van der Waals surface area contributed by atoms with Crippen LogP contribution in [0.15, 0.2) is 24.9 Å². The highest BCUT2D eigenvalue weighted by molar-refractivity contribution is 5.77. The molecule has 3 fully saturated rings. The first kappa shape index (κ1) is 21.5. The molecule has 1 aliphatic heterocycles. The summed E-state index contributed by atoms with van der Waals surface area (Å²) >= 11 is 0. The fraction of sp³-hybridized carbons (Fsp3) is 0.480. The predicted octanol–water partition coefficient (Wildman–Crippen LogP) is 2.74. The van der Waals surface area contributed by atoms with Crippen molar-refractivity contribution >= 4 is 17.8 Å². The van der Waals surface area contributed by atoms with E-state index in [1.54, 1.807) is 12.3 Å². The maximum absolute atomic E-state index is 12.6. The van der Waals surface area contributed by atoms with Gasteiger partial charge >= 0.3 is 0 Å². The van der Waals surface area contributed by atoms with E-state index < -0.39 is 0 Å². The number of aromatic nitrogens is 3. The maximum Gasteiger partial charge on any atom is 0.225 e. The van der Waals surface area contributed by atoms with Gasteiger partial charge in [0.1, 0.15) is 11.9 Å². The zero-order chi connectivity index (χ0) is 22.9. The molecule has 3 aliphatic rings. The minimum absolute atomic E-state index is 0.0137. The molecule has 0 radical (unpaired) electrons. The van der Waals surface area contributed by atoms with Crippen LogP contribution < -0.4 is 4.90 Å². The Bertz CT molecular complexity index is 1120. The van der Waals surface area contributed by atoms with Gasteiger partial charge in [-0.25, -0.2) is 4.98 Å². The zero-order valence-corrected chi connectivity index (χ0v) is 18.7. The van der Waals surface area contributed by atoms with E-state index in [2.05, 4.69) is 27.7 Å². The van der Waals surface area contributed by atoms with Gasteiger partial charge in [-0.3, -0.25) is 4.79 Å². The SMILES string of the molecule is C=Cc1cc(-c2cc(C#N)c(N3CCN(C(=O)CCO)[C@H](C4CC4)C3)nc2C2CC2)cnn1. The van der Waals surface area contributed by atoms with Crippen molar-refractivity contribution in [3.8, 4) is 17.2 Å². The van der Waals surface area contributed by atoms with Gasteiger partial charge in [0.15, 0.2) is 0 Å². The number of anilines is 1. The highest BCUT2D eigenvalue weighted by Gasteiger charge is 2.41. The molecule has 8 nitrogen and oxygen atoms in total. The summed E-state index contributed by atoms with van der Waals surface area (Å²) in [7, 11) is 0. The van der Waals surface area contributed by atoms with E-state index in [9.17, 15) is 15.2 Å². The number of rotatable bonds is 7. The second kappa shape index (κ2) is 8.91. The monoisotopic (exact) mass is 444 g/mol. The summed E-state index contributed by atoms with van der Waals surface area (Å²) in [5, 5.41) is 27.4. The van der Waals surface area contributed by atoms with Crippen molar-refractivity contribution in [2.75, 3.05) is 31.1 Å². The van der Waals surface area contributed by atoms with E-state index in [1.807, 2.05) is 17.0 Å². The number of aliphatic hydroxyl groups is 1. The molecule has 170 valence electrons. The molecule has 5 rings (SSSR count). The van der Waals surface area contributed by atoms with E-state index in [4.69, 9.17) is 4.98 Å². The molecule has 0 bridgehead atoms. The fourth-order valence-electron chi connectivity index (χ4n) is 4.81. The molecule has 2 aromatic heterocycles. The van der Waals surface area contributed by atoms with E-state index in [0.717, 1.165) is 42.5 Å². The van der Waals surface area contributed by atoms with Crippen LogP contribution in [-0.2, 0) is 4.79 Å². The quantitative estimate of drug-likeness (QED) is 0.700. The van der Waals surface area contributed by atoms with E-state index in [-0.39, 0.29) is 25.0 Å². The highest BCUT2D eigenvalue weighted by Crippen LogP contribution is 2.45. The van der Waals surface area contributed by atoms with Crippen LogP contribution in [0.5, 0.6) is 0 Å². The third-order valence-corrected chi connectivity index (χ3v) is 6.84. The minimum atomic E-state index is -0.125. The molecule has 0 unspecified atom stereocenters. The van der Waals surface area contributed by atoms with Gasteiger partial charge in [0.2, 0.25) is 5.91 Å². The number of piperazine rings is 1. The topological polar surface area (TPSA) is 106 Å². The molecule has 2 aromatic rings. The van der Waals surface area contributed by atoms with Crippen LogP contribution >= 0.6 is 0 Å². The van der Waals surface area contributed by atoms with Crippen molar-refractivity contribution in [2.45, 2.75) is 44.1 Å². The van der Waals surface area contributed by atoms with E-state index in [0.29, 0.717) is 48.5 Å². The van der Waals surface area contributed by atoms with Crippen molar-refractivity contribution in [3.63, 3.8) is 0 Å². The van der Waals surface area contributed by atoms with Gasteiger partial charge in [-0.2, -0.15) is 15.5 Å². The highest BCUT2D eigenvalue weighted by atomic mass is 16.3. The van der Waals surface area contributed by atoms with Crippen LogP contribution in [0.1, 0.15) is 55.0 Å². The third-order valence-electron chi connectivity index (χ3n) is 6.84. The molecule has 2 saturated carbocycles. The van der Waals surface area contributed by atoms with Gasteiger partial charge in [-0.1, -0.05) is 6.58 Å². The lowest BCUT2D eigenvalue weighted by molar-refractivity contribution is -0.135. The Kier molecular flexibility index (Phi) is 5.81. The number of amides is 1. The largest absolute Gasteiger partial charge is 0.396 e. The summed E-state index contributed by atoms with van der Waals surface area (Å²) in [5.41, 5.74) is 4.07. The van der Waals surface area contributed by atoms with Crippen molar-refractivity contribution in [2.24, 2.45) is 5.92 Å². The summed E-state index contributed by atoms with van der Waals surface area (Å²) in [6, 6.07) is 6.33. The first-order valence-corrected chi connectivity index (χ1v) is 11.7. The smallest absolute Gasteiger partial charge is 0.225 e. The number of aliphatic hydroxyl groups excluding tert-OH is 1. The van der Waals surface area contributed by atoms with Gasteiger partial charge in [0.05, 0.1) is 35.8 Å². The van der Waals surface area contributed by atoms with Gasteiger partial charge in [-0.05, 0) is 49.8 Å². The number of nitrogens with zero attached hydrogens (tertiary/aromatic N) is 6. The van der Waals surface area contributed by atoms with Crippen LogP contribution in [0, 0.1) is 17.2 Å². The molecule has 0 spiro atoms. The first-order chi connectivity index (χ1) is 16.1. The number of nitriles is 1. The Labute approximate surface area is 193 Å². The predicted molar refractivity (Wildman–Crippen MR) is 124 cm³/mol. The minimum Gasteiger partial charge on any atom is -0.396 e. The average Bonchev–Trinajstić information content (AvgIpc) is 3.76. The molecule has 1 atom stereocenters. The lowest BCUT2D eigenvalue weighted by Gasteiger charge is -2.42. The Morgan fingerprint density at radius 3 is 2.76 bits per heavy atom. The molecule has 3 heterocycles. The van der Waals surface area contributed by atoms with Gasteiger partial charge < -0.3 is 14.9 Å². The molecular formula is C25H28N6O2. The van der Waals surface area contributed by atoms with Crippen LogP contribution in [0.3, 0.4) is 0 Å². The fourth-order valence-corrected chi connectivity index (χ4v) is 4.81. The molecule has 1 amide bonds. The summed E-state index contributed by atoms with van der Waals surface area (Å²) in [6.45, 7) is 5.54. The second-order valence-electron chi connectivity index (χ2n) is 9.16. The van der Waals surface area contributed by atoms with Crippen LogP contribution in [0.25, 0.3) is 17.2 Å². The van der Waals surface area contributed by atoms with Crippen molar-refractivity contribution in [1.29, 1.82) is 5.26 Å². The average molecular weight is 445 g/mol. The van der Waals surface area contributed by atoms with E-state index in [1.165, 1.54) is 0 Å². The van der Waals surface area contributed by atoms with Crippen LogP contribution in [0.2, 0.25) is 0 Å². The zero-order valence-electron chi connectivity index (χ0n) is 18.7. The molecule has 1 saturated heterocycles. The van der Waals surface area contributed by atoms with Crippen LogP contribution in [-0.4, -0.2) is 63.4 Å². The molecule has 1 N–H and O–H groups in total. The van der Waals surface area contributed by atoms with Crippen molar-refractivity contribution < 1.29 is 9.90 Å². The Balaban J connectivity index is 1.50. The third kappa shape index (κ3) is 4.33.